The van der Waals surface area contributed by atoms with E-state index in [0.717, 1.165) is 12.8 Å². The van der Waals surface area contributed by atoms with Crippen LogP contribution >= 0.6 is 0 Å². The van der Waals surface area contributed by atoms with Crippen LogP contribution in [0.1, 0.15) is 26.2 Å². The van der Waals surface area contributed by atoms with Crippen molar-refractivity contribution in [3.05, 3.63) is 0 Å². The summed E-state index contributed by atoms with van der Waals surface area (Å²) >= 11 is 0. The lowest BCUT2D eigenvalue weighted by Gasteiger charge is -2.41. The number of hydrogen-bond acceptors (Lipinski definition) is 5. The lowest BCUT2D eigenvalue weighted by Crippen LogP contribution is -2.58. The van der Waals surface area contributed by atoms with E-state index in [2.05, 4.69) is 20.7 Å². The summed E-state index contributed by atoms with van der Waals surface area (Å²) in [5.74, 6) is -0.944. The summed E-state index contributed by atoms with van der Waals surface area (Å²) in [7, 11) is 1.57. The number of urea groups is 1. The first kappa shape index (κ1) is 13.2. The highest BCUT2D eigenvalue weighted by molar-refractivity contribution is 5.92. The van der Waals surface area contributed by atoms with Gasteiger partial charge in [-0.1, -0.05) is 5.10 Å². The molecule has 1 atom stereocenters. The van der Waals surface area contributed by atoms with E-state index in [0.29, 0.717) is 13.0 Å². The van der Waals surface area contributed by atoms with Crippen LogP contribution in [0.2, 0.25) is 0 Å². The van der Waals surface area contributed by atoms with Crippen molar-refractivity contribution >= 4 is 17.9 Å². The molecule has 0 spiro atoms. The van der Waals surface area contributed by atoms with Crippen molar-refractivity contribution in [2.45, 2.75) is 31.7 Å². The van der Waals surface area contributed by atoms with Crippen LogP contribution in [0.5, 0.6) is 0 Å². The van der Waals surface area contributed by atoms with Gasteiger partial charge in [-0.15, -0.1) is 5.10 Å². The molecule has 1 unspecified atom stereocenters. The van der Waals surface area contributed by atoms with Crippen LogP contribution in [-0.4, -0.2) is 54.3 Å². The van der Waals surface area contributed by atoms with Crippen molar-refractivity contribution in [3.63, 3.8) is 0 Å². The number of likely N-dealkylation sites (tertiary alicyclic amines) is 1. The van der Waals surface area contributed by atoms with Crippen molar-refractivity contribution < 1.29 is 14.7 Å². The zero-order chi connectivity index (χ0) is 14.0. The van der Waals surface area contributed by atoms with Crippen LogP contribution in [-0.2, 0) is 11.8 Å². The maximum atomic E-state index is 12.1. The highest BCUT2D eigenvalue weighted by atomic mass is 16.4. The van der Waals surface area contributed by atoms with E-state index in [1.807, 2.05) is 0 Å². The second kappa shape index (κ2) is 4.82. The van der Waals surface area contributed by atoms with Gasteiger partial charge in [-0.05, 0) is 31.4 Å². The van der Waals surface area contributed by atoms with Gasteiger partial charge in [-0.25, -0.2) is 9.59 Å². The summed E-state index contributed by atoms with van der Waals surface area (Å²) in [5, 5.41) is 22.8. The monoisotopic (exact) mass is 268 g/mol. The fraction of sp³-hybridized carbons (Fsp3) is 0.700. The standard InChI is InChI=1S/C10H16N6O3/c1-10(7(17)18)5-3-4-6-16(10)9(19)11-8-12-14-15(2)13-8/h3-6H2,1-2H3,(H,17,18)(H,11,13,19). The molecule has 1 aromatic heterocycles. The van der Waals surface area contributed by atoms with E-state index in [1.54, 1.807) is 14.0 Å². The van der Waals surface area contributed by atoms with Crippen molar-refractivity contribution in [3.8, 4) is 0 Å². The Morgan fingerprint density at radius 1 is 1.42 bits per heavy atom. The second-order valence-corrected chi connectivity index (χ2v) is 4.72. The van der Waals surface area contributed by atoms with Crippen molar-refractivity contribution in [2.24, 2.45) is 7.05 Å². The van der Waals surface area contributed by atoms with E-state index in [4.69, 9.17) is 0 Å². The van der Waals surface area contributed by atoms with Crippen molar-refractivity contribution in [1.82, 2.24) is 25.1 Å². The summed E-state index contributed by atoms with van der Waals surface area (Å²) < 4.78 is 0. The lowest BCUT2D eigenvalue weighted by atomic mass is 9.89. The van der Waals surface area contributed by atoms with Gasteiger partial charge in [-0.3, -0.25) is 5.32 Å². The Kier molecular flexibility index (Phi) is 3.36. The van der Waals surface area contributed by atoms with E-state index in [9.17, 15) is 14.7 Å². The molecule has 2 N–H and O–H groups in total. The number of rotatable bonds is 2. The molecule has 2 amide bonds. The third kappa shape index (κ3) is 2.49. The number of carbonyl (C=O) groups excluding carboxylic acids is 1. The number of piperidine rings is 1. The van der Waals surface area contributed by atoms with Gasteiger partial charge in [0.2, 0.25) is 0 Å². The van der Waals surface area contributed by atoms with Gasteiger partial charge in [-0.2, -0.15) is 4.80 Å². The molecule has 2 heterocycles. The van der Waals surface area contributed by atoms with Crippen LogP contribution in [0, 0.1) is 0 Å². The summed E-state index contributed by atoms with van der Waals surface area (Å²) in [6.07, 6.45) is 2.00. The summed E-state index contributed by atoms with van der Waals surface area (Å²) in [5.41, 5.74) is -1.19. The molecule has 9 heteroatoms. The lowest BCUT2D eigenvalue weighted by molar-refractivity contribution is -0.150. The number of aromatic nitrogens is 4. The van der Waals surface area contributed by atoms with Crippen molar-refractivity contribution in [1.29, 1.82) is 0 Å². The van der Waals surface area contributed by atoms with Crippen LogP contribution in [0.4, 0.5) is 10.7 Å². The topological polar surface area (TPSA) is 113 Å². The largest absolute Gasteiger partial charge is 0.480 e. The number of aryl methyl sites for hydroxylation is 1. The molecule has 1 aliphatic heterocycles. The minimum atomic E-state index is -1.19. The molecule has 1 aliphatic rings. The Bertz CT molecular complexity index is 501. The molecule has 1 saturated heterocycles. The van der Waals surface area contributed by atoms with Gasteiger partial charge in [0.05, 0.1) is 7.05 Å². The maximum absolute atomic E-state index is 12.1. The minimum absolute atomic E-state index is 0.0609. The molecule has 19 heavy (non-hydrogen) atoms. The molecule has 0 aromatic carbocycles. The Balaban J connectivity index is 2.14. The fourth-order valence-electron chi connectivity index (χ4n) is 2.17. The molecular formula is C10H16N6O3. The first-order chi connectivity index (χ1) is 8.93. The van der Waals surface area contributed by atoms with E-state index < -0.39 is 17.5 Å². The Hall–Kier alpha value is -2.19. The van der Waals surface area contributed by atoms with Gasteiger partial charge >= 0.3 is 12.0 Å². The van der Waals surface area contributed by atoms with Gasteiger partial charge in [0, 0.05) is 6.54 Å². The highest BCUT2D eigenvalue weighted by Gasteiger charge is 2.44. The molecule has 2 rings (SSSR count). The summed E-state index contributed by atoms with van der Waals surface area (Å²) in [6.45, 7) is 1.95. The molecule has 1 fully saturated rings. The number of carboxylic acid groups (broad SMARTS) is 1. The van der Waals surface area contributed by atoms with Gasteiger partial charge in [0.25, 0.3) is 5.95 Å². The second-order valence-electron chi connectivity index (χ2n) is 4.72. The molecule has 0 bridgehead atoms. The number of nitrogens with zero attached hydrogens (tertiary/aromatic N) is 5. The molecular weight excluding hydrogens is 252 g/mol. The number of anilines is 1. The molecule has 0 saturated carbocycles. The number of amides is 2. The smallest absolute Gasteiger partial charge is 0.329 e. The average molecular weight is 268 g/mol. The Morgan fingerprint density at radius 3 is 2.74 bits per heavy atom. The number of carboxylic acids is 1. The number of aliphatic carboxylic acids is 1. The molecule has 104 valence electrons. The quantitative estimate of drug-likeness (QED) is 0.784. The van der Waals surface area contributed by atoms with Crippen molar-refractivity contribution in [2.75, 3.05) is 11.9 Å². The van der Waals surface area contributed by atoms with Gasteiger partial charge < -0.3 is 10.0 Å². The van der Waals surface area contributed by atoms with Gasteiger partial charge in [0.15, 0.2) is 0 Å². The Labute approximate surface area is 109 Å². The first-order valence-corrected chi connectivity index (χ1v) is 5.99. The number of tetrazole rings is 1. The maximum Gasteiger partial charge on any atom is 0.329 e. The minimum Gasteiger partial charge on any atom is -0.480 e. The molecule has 1 aromatic rings. The molecule has 9 nitrogen and oxygen atoms in total. The van der Waals surface area contributed by atoms with Crippen LogP contribution in [0.25, 0.3) is 0 Å². The zero-order valence-electron chi connectivity index (χ0n) is 10.8. The van der Waals surface area contributed by atoms with Crippen LogP contribution < -0.4 is 5.32 Å². The van der Waals surface area contributed by atoms with E-state index in [-0.39, 0.29) is 5.95 Å². The molecule has 0 aliphatic carbocycles. The third-order valence-corrected chi connectivity index (χ3v) is 3.32. The average Bonchev–Trinajstić information content (AvgIpc) is 2.75. The zero-order valence-corrected chi connectivity index (χ0v) is 10.8. The molecule has 0 radical (unpaired) electrons. The third-order valence-electron chi connectivity index (χ3n) is 3.32. The van der Waals surface area contributed by atoms with Crippen LogP contribution in [0.15, 0.2) is 0 Å². The van der Waals surface area contributed by atoms with Crippen LogP contribution in [0.3, 0.4) is 0 Å². The first-order valence-electron chi connectivity index (χ1n) is 5.99. The van der Waals surface area contributed by atoms with E-state index in [1.165, 1.54) is 9.70 Å². The number of hydrogen-bond donors (Lipinski definition) is 2. The summed E-state index contributed by atoms with van der Waals surface area (Å²) in [4.78, 5) is 26.0. The fourth-order valence-corrected chi connectivity index (χ4v) is 2.17. The number of carbonyl (C=O) groups is 2. The van der Waals surface area contributed by atoms with Gasteiger partial charge in [0.1, 0.15) is 5.54 Å². The highest BCUT2D eigenvalue weighted by Crippen LogP contribution is 2.28. The SMILES string of the molecule is Cn1nnc(NC(=O)N2CCCCC2(C)C(=O)O)n1. The number of nitrogens with one attached hydrogen (secondary N) is 1. The normalized spacial score (nSPS) is 23.2. The predicted molar refractivity (Wildman–Crippen MR) is 64.4 cm³/mol. The van der Waals surface area contributed by atoms with E-state index >= 15 is 0 Å². The Morgan fingerprint density at radius 2 is 2.16 bits per heavy atom. The predicted octanol–water partition coefficient (Wildman–Crippen LogP) is 0.0712. The summed E-state index contributed by atoms with van der Waals surface area (Å²) in [6, 6.07) is -0.516.